The Hall–Kier alpha value is -0.820. The first kappa shape index (κ1) is 13.6. The summed E-state index contributed by atoms with van der Waals surface area (Å²) in [6.45, 7) is 2.63. The molecule has 2 rings (SSSR count). The van der Waals surface area contributed by atoms with Crippen LogP contribution in [0.1, 0.15) is 32.6 Å². The molecule has 5 nitrogen and oxygen atoms in total. The number of nitrogen functional groups attached to an aromatic ring is 1. The highest BCUT2D eigenvalue weighted by molar-refractivity contribution is 7.91. The zero-order valence-electron chi connectivity index (χ0n) is 10.5. The fourth-order valence-corrected chi connectivity index (χ4v) is 4.52. The molecule has 0 unspecified atom stereocenters. The molecule has 1 fully saturated rings. The van der Waals surface area contributed by atoms with Crippen LogP contribution in [0.3, 0.4) is 0 Å². The maximum Gasteiger partial charge on any atom is 0.185 e. The van der Waals surface area contributed by atoms with Gasteiger partial charge < -0.3 is 11.1 Å². The van der Waals surface area contributed by atoms with Gasteiger partial charge in [0.25, 0.3) is 0 Å². The molecular weight excluding hydrogens is 270 g/mol. The van der Waals surface area contributed by atoms with E-state index < -0.39 is 9.84 Å². The van der Waals surface area contributed by atoms with Gasteiger partial charge in [0.05, 0.1) is 5.75 Å². The molecule has 3 N–H and O–H groups in total. The van der Waals surface area contributed by atoms with Gasteiger partial charge in [-0.3, -0.25) is 0 Å². The van der Waals surface area contributed by atoms with Crippen LogP contribution in [0.25, 0.3) is 0 Å². The van der Waals surface area contributed by atoms with Crippen molar-refractivity contribution < 1.29 is 8.42 Å². The summed E-state index contributed by atoms with van der Waals surface area (Å²) in [5.41, 5.74) is 5.68. The van der Waals surface area contributed by atoms with E-state index in [1.165, 1.54) is 12.8 Å². The third-order valence-electron chi connectivity index (χ3n) is 2.99. The summed E-state index contributed by atoms with van der Waals surface area (Å²) in [6, 6.07) is 0. The molecule has 0 saturated heterocycles. The van der Waals surface area contributed by atoms with E-state index in [4.69, 9.17) is 5.73 Å². The fourth-order valence-electron chi connectivity index (χ4n) is 1.87. The van der Waals surface area contributed by atoms with E-state index in [2.05, 4.69) is 9.69 Å². The van der Waals surface area contributed by atoms with Crippen LogP contribution in [-0.2, 0) is 9.84 Å². The van der Waals surface area contributed by atoms with Crippen LogP contribution in [0.5, 0.6) is 0 Å². The number of hydrogen-bond donors (Lipinski definition) is 2. The van der Waals surface area contributed by atoms with E-state index in [1.807, 2.05) is 6.92 Å². The standard InChI is InChI=1S/C11H19N3O2S2/c1-2-7-18(15,16)9-10(12)14-17-11(9)13-6-5-8-3-4-8/h8,13H,2-7H2,1H3,(H2,12,14). The average molecular weight is 289 g/mol. The number of nitrogens with zero attached hydrogens (tertiary/aromatic N) is 1. The van der Waals surface area contributed by atoms with Gasteiger partial charge in [-0.1, -0.05) is 19.8 Å². The van der Waals surface area contributed by atoms with Crippen molar-refractivity contribution in [2.45, 2.75) is 37.5 Å². The van der Waals surface area contributed by atoms with E-state index in [-0.39, 0.29) is 16.5 Å². The minimum absolute atomic E-state index is 0.118. The maximum absolute atomic E-state index is 12.1. The van der Waals surface area contributed by atoms with E-state index in [0.29, 0.717) is 11.4 Å². The van der Waals surface area contributed by atoms with E-state index in [9.17, 15) is 8.42 Å². The molecule has 1 heterocycles. The smallest absolute Gasteiger partial charge is 0.185 e. The molecule has 0 radical (unpaired) electrons. The van der Waals surface area contributed by atoms with Gasteiger partial charge >= 0.3 is 0 Å². The van der Waals surface area contributed by atoms with E-state index >= 15 is 0 Å². The van der Waals surface area contributed by atoms with Gasteiger partial charge in [0, 0.05) is 6.54 Å². The van der Waals surface area contributed by atoms with Gasteiger partial charge in [-0.25, -0.2) is 8.42 Å². The second-order valence-corrected chi connectivity index (χ2v) is 7.52. The van der Waals surface area contributed by atoms with E-state index in [0.717, 1.165) is 30.4 Å². The Bertz CT molecular complexity index is 506. The number of nitrogens with one attached hydrogen (secondary N) is 1. The van der Waals surface area contributed by atoms with Crippen molar-refractivity contribution in [3.8, 4) is 0 Å². The molecule has 1 aromatic rings. The zero-order valence-corrected chi connectivity index (χ0v) is 12.1. The topological polar surface area (TPSA) is 85.1 Å². The molecule has 0 aromatic carbocycles. The van der Waals surface area contributed by atoms with Crippen molar-refractivity contribution in [2.75, 3.05) is 23.3 Å². The molecule has 1 aromatic heterocycles. The lowest BCUT2D eigenvalue weighted by Gasteiger charge is -2.07. The van der Waals surface area contributed by atoms with Crippen molar-refractivity contribution >= 4 is 32.2 Å². The average Bonchev–Trinajstić information content (AvgIpc) is 3.02. The van der Waals surface area contributed by atoms with Gasteiger partial charge in [-0.2, -0.15) is 4.37 Å². The number of nitrogens with two attached hydrogens (primary N) is 1. The van der Waals surface area contributed by atoms with Gasteiger partial charge in [0.15, 0.2) is 15.7 Å². The first-order valence-electron chi connectivity index (χ1n) is 6.26. The lowest BCUT2D eigenvalue weighted by atomic mass is 10.3. The second kappa shape index (κ2) is 5.44. The lowest BCUT2D eigenvalue weighted by molar-refractivity contribution is 0.595. The Balaban J connectivity index is 2.10. The third-order valence-corrected chi connectivity index (χ3v) is 5.92. The summed E-state index contributed by atoms with van der Waals surface area (Å²) < 4.78 is 28.1. The Morgan fingerprint density at radius 3 is 2.83 bits per heavy atom. The Labute approximate surface area is 112 Å². The lowest BCUT2D eigenvalue weighted by Crippen LogP contribution is -2.11. The zero-order chi connectivity index (χ0) is 13.2. The molecule has 0 amide bonds. The minimum Gasteiger partial charge on any atom is -0.382 e. The predicted molar refractivity (Wildman–Crippen MR) is 74.7 cm³/mol. The van der Waals surface area contributed by atoms with Crippen molar-refractivity contribution in [1.82, 2.24) is 4.37 Å². The molecular formula is C11H19N3O2S2. The SMILES string of the molecule is CCCS(=O)(=O)c1c(N)nsc1NCCC1CC1. The highest BCUT2D eigenvalue weighted by Crippen LogP contribution is 2.35. The normalized spacial score (nSPS) is 15.8. The monoisotopic (exact) mass is 289 g/mol. The summed E-state index contributed by atoms with van der Waals surface area (Å²) >= 11 is 1.14. The second-order valence-electron chi connectivity index (χ2n) is 4.70. The summed E-state index contributed by atoms with van der Waals surface area (Å²) in [7, 11) is -3.30. The predicted octanol–water partition coefficient (Wildman–Crippen LogP) is 2.12. The molecule has 7 heteroatoms. The fraction of sp³-hybridized carbons (Fsp3) is 0.727. The Morgan fingerprint density at radius 1 is 1.50 bits per heavy atom. The van der Waals surface area contributed by atoms with Crippen LogP contribution in [0, 0.1) is 5.92 Å². The minimum atomic E-state index is -3.30. The van der Waals surface area contributed by atoms with E-state index in [1.54, 1.807) is 0 Å². The number of anilines is 2. The van der Waals surface area contributed by atoms with Gasteiger partial charge in [0.1, 0.15) is 9.90 Å². The molecule has 0 bridgehead atoms. The van der Waals surface area contributed by atoms with Crippen LogP contribution < -0.4 is 11.1 Å². The molecule has 0 aliphatic heterocycles. The summed E-state index contributed by atoms with van der Waals surface area (Å²) in [4.78, 5) is 0.199. The Kier molecular flexibility index (Phi) is 4.11. The van der Waals surface area contributed by atoms with Crippen molar-refractivity contribution in [2.24, 2.45) is 5.92 Å². The summed E-state index contributed by atoms with van der Waals surface area (Å²) in [5, 5.41) is 3.77. The molecule has 1 saturated carbocycles. The number of sulfone groups is 1. The highest BCUT2D eigenvalue weighted by atomic mass is 32.2. The van der Waals surface area contributed by atoms with Crippen LogP contribution in [0.2, 0.25) is 0 Å². The summed E-state index contributed by atoms with van der Waals surface area (Å²) in [6.07, 6.45) is 4.27. The summed E-state index contributed by atoms with van der Waals surface area (Å²) in [5.74, 6) is 1.06. The van der Waals surface area contributed by atoms with Crippen molar-refractivity contribution in [3.05, 3.63) is 0 Å². The maximum atomic E-state index is 12.1. The Morgan fingerprint density at radius 2 is 2.22 bits per heavy atom. The number of aromatic nitrogens is 1. The van der Waals surface area contributed by atoms with Crippen molar-refractivity contribution in [3.63, 3.8) is 0 Å². The largest absolute Gasteiger partial charge is 0.382 e. The van der Waals surface area contributed by atoms with Gasteiger partial charge in [-0.15, -0.1) is 0 Å². The molecule has 1 aliphatic carbocycles. The highest BCUT2D eigenvalue weighted by Gasteiger charge is 2.25. The number of hydrogen-bond acceptors (Lipinski definition) is 6. The molecule has 0 spiro atoms. The molecule has 0 atom stereocenters. The first-order valence-corrected chi connectivity index (χ1v) is 8.69. The van der Waals surface area contributed by atoms with Crippen LogP contribution in [-0.4, -0.2) is 25.1 Å². The van der Waals surface area contributed by atoms with Crippen LogP contribution >= 0.6 is 11.5 Å². The first-order chi connectivity index (χ1) is 8.54. The number of rotatable bonds is 7. The van der Waals surface area contributed by atoms with Crippen molar-refractivity contribution in [1.29, 1.82) is 0 Å². The molecule has 1 aliphatic rings. The van der Waals surface area contributed by atoms with Gasteiger partial charge in [-0.05, 0) is 30.3 Å². The van der Waals surface area contributed by atoms with Crippen LogP contribution in [0.15, 0.2) is 4.90 Å². The molecule has 18 heavy (non-hydrogen) atoms. The molecule has 102 valence electrons. The van der Waals surface area contributed by atoms with Crippen LogP contribution in [0.4, 0.5) is 10.8 Å². The third kappa shape index (κ3) is 3.14. The quantitative estimate of drug-likeness (QED) is 0.803. The van der Waals surface area contributed by atoms with Gasteiger partial charge in [0.2, 0.25) is 0 Å².